The molecule has 20 heavy (non-hydrogen) atoms. The van der Waals surface area contributed by atoms with E-state index in [-0.39, 0.29) is 11.4 Å². The third-order valence-corrected chi connectivity index (χ3v) is 2.85. The molecule has 1 aromatic heterocycles. The molecule has 106 valence electrons. The molecule has 0 spiro atoms. The van der Waals surface area contributed by atoms with Gasteiger partial charge in [0.25, 0.3) is 0 Å². The second-order valence-corrected chi connectivity index (χ2v) is 5.13. The number of nitrogens with zero attached hydrogens (tertiary/aromatic N) is 2. The van der Waals surface area contributed by atoms with E-state index >= 15 is 0 Å². The Morgan fingerprint density at radius 3 is 2.45 bits per heavy atom. The normalized spacial score (nSPS) is 11.1. The highest BCUT2D eigenvalue weighted by Crippen LogP contribution is 2.26. The summed E-state index contributed by atoms with van der Waals surface area (Å²) in [6, 6.07) is 6.19. The zero-order chi connectivity index (χ0) is 14.9. The molecule has 0 bridgehead atoms. The Morgan fingerprint density at radius 2 is 1.85 bits per heavy atom. The van der Waals surface area contributed by atoms with Gasteiger partial charge in [-0.25, -0.2) is 13.8 Å². The number of aryl methyl sites for hydroxylation is 1. The third-order valence-electron chi connectivity index (χ3n) is 2.85. The van der Waals surface area contributed by atoms with Crippen molar-refractivity contribution < 1.29 is 8.78 Å². The van der Waals surface area contributed by atoms with Crippen LogP contribution in [0.3, 0.4) is 0 Å². The molecule has 0 radical (unpaired) electrons. The van der Waals surface area contributed by atoms with Crippen LogP contribution in [0.4, 0.5) is 14.6 Å². The Balaban J connectivity index is 2.57. The van der Waals surface area contributed by atoms with E-state index in [0.717, 1.165) is 5.56 Å². The Bertz CT molecular complexity index is 619. The average molecular weight is 277 g/mol. The number of aromatic nitrogens is 1. The minimum absolute atomic E-state index is 0.136. The predicted octanol–water partition coefficient (Wildman–Crippen LogP) is 2.98. The Labute approximate surface area is 117 Å². The van der Waals surface area contributed by atoms with Gasteiger partial charge in [-0.1, -0.05) is 0 Å². The summed E-state index contributed by atoms with van der Waals surface area (Å²) in [5.41, 5.74) is 7.69. The first kappa shape index (κ1) is 14.4. The topological polar surface area (TPSA) is 42.1 Å². The molecule has 0 fully saturated rings. The van der Waals surface area contributed by atoms with Gasteiger partial charge in [0.15, 0.2) is 11.6 Å². The van der Waals surface area contributed by atoms with Crippen LogP contribution in [-0.4, -0.2) is 24.0 Å². The van der Waals surface area contributed by atoms with Crippen LogP contribution in [-0.2, 0) is 6.54 Å². The summed E-state index contributed by atoms with van der Waals surface area (Å²) in [4.78, 5) is 5.97. The van der Waals surface area contributed by atoms with E-state index in [1.807, 2.05) is 25.9 Å². The predicted molar refractivity (Wildman–Crippen MR) is 76.1 cm³/mol. The SMILES string of the molecule is Cc1cc(N)nc(-c2cc(CN(C)C)cc(F)c2F)c1. The molecule has 2 aromatic rings. The molecular weight excluding hydrogens is 260 g/mol. The van der Waals surface area contributed by atoms with Crippen LogP contribution in [0.1, 0.15) is 11.1 Å². The fourth-order valence-corrected chi connectivity index (χ4v) is 2.12. The zero-order valence-corrected chi connectivity index (χ0v) is 11.7. The maximum Gasteiger partial charge on any atom is 0.168 e. The van der Waals surface area contributed by atoms with Gasteiger partial charge in [-0.15, -0.1) is 0 Å². The van der Waals surface area contributed by atoms with Gasteiger partial charge in [0.1, 0.15) is 5.82 Å². The highest BCUT2D eigenvalue weighted by atomic mass is 19.2. The molecule has 1 heterocycles. The largest absolute Gasteiger partial charge is 0.384 e. The van der Waals surface area contributed by atoms with E-state index in [4.69, 9.17) is 5.73 Å². The number of nitrogen functional groups attached to an aromatic ring is 1. The molecule has 0 amide bonds. The lowest BCUT2D eigenvalue weighted by Gasteiger charge is -2.12. The van der Waals surface area contributed by atoms with E-state index in [9.17, 15) is 8.78 Å². The second-order valence-electron chi connectivity index (χ2n) is 5.13. The van der Waals surface area contributed by atoms with Crippen LogP contribution < -0.4 is 5.73 Å². The molecular formula is C15H17F2N3. The van der Waals surface area contributed by atoms with Crippen LogP contribution in [0.2, 0.25) is 0 Å². The van der Waals surface area contributed by atoms with Gasteiger partial charge >= 0.3 is 0 Å². The smallest absolute Gasteiger partial charge is 0.168 e. The number of pyridine rings is 1. The van der Waals surface area contributed by atoms with Gasteiger partial charge < -0.3 is 10.6 Å². The summed E-state index contributed by atoms with van der Waals surface area (Å²) in [5, 5.41) is 0. The first-order chi connectivity index (χ1) is 9.36. The second kappa shape index (κ2) is 5.54. The standard InChI is InChI=1S/C15H17F2N3/c1-9-4-13(19-14(18)5-9)11-6-10(8-20(2)3)7-12(16)15(11)17/h4-7H,8H2,1-3H3,(H2,18,19). The monoisotopic (exact) mass is 277 g/mol. The quantitative estimate of drug-likeness (QED) is 0.937. The van der Waals surface area contributed by atoms with Crippen LogP contribution in [0.25, 0.3) is 11.3 Å². The van der Waals surface area contributed by atoms with Crippen molar-refractivity contribution in [2.45, 2.75) is 13.5 Å². The van der Waals surface area contributed by atoms with E-state index in [1.54, 1.807) is 18.2 Å². The molecule has 5 heteroatoms. The Kier molecular flexibility index (Phi) is 3.99. The molecule has 0 aliphatic rings. The van der Waals surface area contributed by atoms with Gasteiger partial charge in [0.2, 0.25) is 0 Å². The summed E-state index contributed by atoms with van der Waals surface area (Å²) in [6.45, 7) is 2.35. The molecule has 0 aliphatic heterocycles. The molecule has 0 aliphatic carbocycles. The summed E-state index contributed by atoms with van der Waals surface area (Å²) >= 11 is 0. The minimum atomic E-state index is -0.898. The summed E-state index contributed by atoms with van der Waals surface area (Å²) < 4.78 is 27.7. The van der Waals surface area contributed by atoms with Crippen molar-refractivity contribution in [2.75, 3.05) is 19.8 Å². The third kappa shape index (κ3) is 3.11. The number of hydrogen-bond donors (Lipinski definition) is 1. The lowest BCUT2D eigenvalue weighted by Crippen LogP contribution is -2.11. The lowest BCUT2D eigenvalue weighted by molar-refractivity contribution is 0.400. The van der Waals surface area contributed by atoms with Gasteiger partial charge in [-0.3, -0.25) is 0 Å². The Morgan fingerprint density at radius 1 is 1.15 bits per heavy atom. The molecule has 3 nitrogen and oxygen atoms in total. The number of nitrogens with two attached hydrogens (primary N) is 1. The number of hydrogen-bond acceptors (Lipinski definition) is 3. The van der Waals surface area contributed by atoms with E-state index in [2.05, 4.69) is 4.98 Å². The lowest BCUT2D eigenvalue weighted by atomic mass is 10.0. The molecule has 0 atom stereocenters. The van der Waals surface area contributed by atoms with Crippen molar-refractivity contribution in [3.8, 4) is 11.3 Å². The maximum atomic E-state index is 14.0. The van der Waals surface area contributed by atoms with Crippen LogP contribution in [0, 0.1) is 18.6 Å². The van der Waals surface area contributed by atoms with E-state index < -0.39 is 11.6 Å². The van der Waals surface area contributed by atoms with Crippen molar-refractivity contribution in [2.24, 2.45) is 0 Å². The highest BCUT2D eigenvalue weighted by molar-refractivity contribution is 5.63. The van der Waals surface area contributed by atoms with Crippen molar-refractivity contribution in [3.63, 3.8) is 0 Å². The van der Waals surface area contributed by atoms with Crippen molar-refractivity contribution in [1.29, 1.82) is 0 Å². The molecule has 1 aromatic carbocycles. The van der Waals surface area contributed by atoms with Crippen LogP contribution >= 0.6 is 0 Å². The molecule has 2 N–H and O–H groups in total. The number of halogens is 2. The Hall–Kier alpha value is -2.01. The van der Waals surface area contributed by atoms with Crippen molar-refractivity contribution >= 4 is 5.82 Å². The minimum Gasteiger partial charge on any atom is -0.384 e. The van der Waals surface area contributed by atoms with Crippen molar-refractivity contribution in [1.82, 2.24) is 9.88 Å². The molecule has 2 rings (SSSR count). The molecule has 0 saturated heterocycles. The van der Waals surface area contributed by atoms with Gasteiger partial charge in [0.05, 0.1) is 5.69 Å². The number of rotatable bonds is 3. The first-order valence-corrected chi connectivity index (χ1v) is 6.24. The van der Waals surface area contributed by atoms with Crippen LogP contribution in [0.5, 0.6) is 0 Å². The summed E-state index contributed by atoms with van der Waals surface area (Å²) in [5.74, 6) is -1.48. The van der Waals surface area contributed by atoms with Crippen LogP contribution in [0.15, 0.2) is 24.3 Å². The summed E-state index contributed by atoms with van der Waals surface area (Å²) in [7, 11) is 3.73. The highest BCUT2D eigenvalue weighted by Gasteiger charge is 2.14. The van der Waals surface area contributed by atoms with Gasteiger partial charge in [-0.05, 0) is 56.4 Å². The van der Waals surface area contributed by atoms with Crippen molar-refractivity contribution in [3.05, 3.63) is 47.0 Å². The van der Waals surface area contributed by atoms with E-state index in [0.29, 0.717) is 17.8 Å². The average Bonchev–Trinajstić information content (AvgIpc) is 2.31. The van der Waals surface area contributed by atoms with Gasteiger partial charge in [-0.2, -0.15) is 0 Å². The maximum absolute atomic E-state index is 14.0. The fraction of sp³-hybridized carbons (Fsp3) is 0.267. The van der Waals surface area contributed by atoms with E-state index in [1.165, 1.54) is 6.07 Å². The molecule has 0 unspecified atom stereocenters. The first-order valence-electron chi connectivity index (χ1n) is 6.24. The molecule has 0 saturated carbocycles. The zero-order valence-electron chi connectivity index (χ0n) is 11.7. The van der Waals surface area contributed by atoms with Gasteiger partial charge in [0, 0.05) is 12.1 Å². The summed E-state index contributed by atoms with van der Waals surface area (Å²) in [6.07, 6.45) is 0. The fourth-order valence-electron chi connectivity index (χ4n) is 2.12. The number of benzene rings is 1. The number of anilines is 1.